The molecule has 1 fully saturated rings. The topological polar surface area (TPSA) is 119 Å². The quantitative estimate of drug-likeness (QED) is 0.494. The number of aliphatic carboxylic acids is 1. The summed E-state index contributed by atoms with van der Waals surface area (Å²) in [4.78, 5) is 34.6. The first-order valence-electron chi connectivity index (χ1n) is 7.39. The number of carbonyl (C=O) groups is 2. The number of nitrogens with zero attached hydrogens (tertiary/aromatic N) is 1. The number of ether oxygens (including phenoxy) is 1. The summed E-state index contributed by atoms with van der Waals surface area (Å²) in [7, 11) is 0. The van der Waals surface area contributed by atoms with Crippen LogP contribution in [0, 0.1) is 28.9 Å². The van der Waals surface area contributed by atoms with Gasteiger partial charge in [-0.1, -0.05) is 18.2 Å². The van der Waals surface area contributed by atoms with Gasteiger partial charge in [0.1, 0.15) is 5.92 Å². The molecule has 0 radical (unpaired) electrons. The normalized spacial score (nSPS) is 30.3. The van der Waals surface area contributed by atoms with E-state index in [0.717, 1.165) is 0 Å². The number of carbonyl (C=O) groups excluding carboxylic acids is 1. The Bertz CT molecular complexity index is 774. The van der Waals surface area contributed by atoms with Gasteiger partial charge in [0.2, 0.25) is 5.91 Å². The van der Waals surface area contributed by atoms with Gasteiger partial charge in [-0.15, -0.1) is 0 Å². The van der Waals surface area contributed by atoms with Gasteiger partial charge < -0.3 is 15.2 Å². The molecule has 0 aromatic heterocycles. The maximum atomic E-state index is 12.7. The Kier molecular flexibility index (Phi) is 3.64. The molecule has 3 rings (SSSR count). The molecular formula is C16H16N2O6. The molecule has 2 bridgehead atoms. The Labute approximate surface area is 137 Å². The number of hydrogen-bond donors (Lipinski definition) is 2. The number of carboxylic acids is 1. The third-order valence-electron chi connectivity index (χ3n) is 4.59. The lowest BCUT2D eigenvalue weighted by molar-refractivity contribution is -0.384. The molecule has 2 N–H and O–H groups in total. The van der Waals surface area contributed by atoms with Crippen LogP contribution in [0.3, 0.4) is 0 Å². The molecule has 0 saturated carbocycles. The van der Waals surface area contributed by atoms with Crippen LogP contribution in [-0.4, -0.2) is 33.6 Å². The van der Waals surface area contributed by atoms with Gasteiger partial charge in [-0.25, -0.2) is 0 Å². The van der Waals surface area contributed by atoms with E-state index in [0.29, 0.717) is 5.56 Å². The van der Waals surface area contributed by atoms with Gasteiger partial charge in [0, 0.05) is 12.1 Å². The number of aryl methyl sites for hydroxylation is 1. The van der Waals surface area contributed by atoms with E-state index < -0.39 is 40.3 Å². The van der Waals surface area contributed by atoms with Crippen LogP contribution < -0.4 is 5.32 Å². The number of fused-ring (bicyclic) bond motifs is 2. The van der Waals surface area contributed by atoms with Crippen LogP contribution >= 0.6 is 0 Å². The van der Waals surface area contributed by atoms with E-state index in [4.69, 9.17) is 4.74 Å². The number of anilines is 1. The molecule has 2 aliphatic heterocycles. The molecule has 1 aromatic rings. The highest BCUT2D eigenvalue weighted by Gasteiger charge is 2.59. The fraction of sp³-hybridized carbons (Fsp3) is 0.375. The van der Waals surface area contributed by atoms with E-state index >= 15 is 0 Å². The maximum absolute atomic E-state index is 12.7. The average Bonchev–Trinajstić information content (AvgIpc) is 3.02. The average molecular weight is 332 g/mol. The van der Waals surface area contributed by atoms with Gasteiger partial charge in [-0.3, -0.25) is 19.7 Å². The molecule has 1 saturated heterocycles. The fourth-order valence-electron chi connectivity index (χ4n) is 3.35. The Morgan fingerprint density at radius 3 is 2.75 bits per heavy atom. The Morgan fingerprint density at radius 1 is 1.42 bits per heavy atom. The van der Waals surface area contributed by atoms with Crippen molar-refractivity contribution in [3.8, 4) is 0 Å². The molecule has 126 valence electrons. The lowest BCUT2D eigenvalue weighted by atomic mass is 9.75. The molecule has 1 aromatic carbocycles. The number of nitro benzene ring substituents is 1. The summed E-state index contributed by atoms with van der Waals surface area (Å²) >= 11 is 0. The molecular weight excluding hydrogens is 316 g/mol. The van der Waals surface area contributed by atoms with Gasteiger partial charge >= 0.3 is 5.97 Å². The van der Waals surface area contributed by atoms with Gasteiger partial charge in [0.15, 0.2) is 0 Å². The predicted octanol–water partition coefficient (Wildman–Crippen LogP) is 1.89. The van der Waals surface area contributed by atoms with Crippen molar-refractivity contribution >= 4 is 23.3 Å². The molecule has 0 aliphatic carbocycles. The minimum Gasteiger partial charge on any atom is -0.481 e. The van der Waals surface area contributed by atoms with Gasteiger partial charge in [0.05, 0.1) is 28.2 Å². The van der Waals surface area contributed by atoms with E-state index in [1.54, 1.807) is 26.0 Å². The Morgan fingerprint density at radius 2 is 2.12 bits per heavy atom. The van der Waals surface area contributed by atoms with Crippen molar-refractivity contribution in [3.63, 3.8) is 0 Å². The molecule has 24 heavy (non-hydrogen) atoms. The summed E-state index contributed by atoms with van der Waals surface area (Å²) in [6, 6.07) is 4.13. The minimum absolute atomic E-state index is 0.152. The van der Waals surface area contributed by atoms with Crippen LogP contribution in [0.4, 0.5) is 11.4 Å². The number of benzene rings is 1. The summed E-state index contributed by atoms with van der Waals surface area (Å²) in [6.07, 6.45) is 2.71. The minimum atomic E-state index is -1.11. The van der Waals surface area contributed by atoms with E-state index in [-0.39, 0.29) is 11.4 Å². The summed E-state index contributed by atoms with van der Waals surface area (Å²) in [5, 5.41) is 22.9. The predicted molar refractivity (Wildman–Crippen MR) is 83.5 cm³/mol. The third kappa shape index (κ3) is 2.44. The van der Waals surface area contributed by atoms with Crippen LogP contribution in [0.15, 0.2) is 30.4 Å². The fourth-order valence-corrected chi connectivity index (χ4v) is 3.35. The summed E-state index contributed by atoms with van der Waals surface area (Å²) in [5.74, 6) is -3.54. The van der Waals surface area contributed by atoms with Crippen LogP contribution in [-0.2, 0) is 14.3 Å². The molecule has 2 aliphatic rings. The van der Waals surface area contributed by atoms with E-state index in [9.17, 15) is 24.8 Å². The molecule has 2 heterocycles. The Hall–Kier alpha value is -2.74. The van der Waals surface area contributed by atoms with Crippen molar-refractivity contribution < 1.29 is 24.4 Å². The van der Waals surface area contributed by atoms with Crippen molar-refractivity contribution in [2.24, 2.45) is 11.8 Å². The number of hydrogen-bond acceptors (Lipinski definition) is 5. The standard InChI is InChI=1S/C16H16N2O6/c1-8-3-4-9(18(22)23)7-10(8)17-14(19)13-12(15(20)21)11-5-6-16(13,2)24-11/h3-7,11-13H,1-2H3,(H,17,19)(H,20,21)/t11-,12+,13-,16-/m1/s1. The number of amides is 1. The number of carboxylic acid groups (broad SMARTS) is 1. The first kappa shape index (κ1) is 16.1. The Balaban J connectivity index is 1.90. The second-order valence-corrected chi connectivity index (χ2v) is 6.21. The van der Waals surface area contributed by atoms with Crippen LogP contribution in [0.1, 0.15) is 12.5 Å². The smallest absolute Gasteiger partial charge is 0.310 e. The second kappa shape index (κ2) is 5.41. The van der Waals surface area contributed by atoms with Crippen molar-refractivity contribution in [1.29, 1.82) is 0 Å². The summed E-state index contributed by atoms with van der Waals surface area (Å²) in [6.45, 7) is 3.37. The van der Waals surface area contributed by atoms with Crippen molar-refractivity contribution in [1.82, 2.24) is 0 Å². The number of non-ortho nitro benzene ring substituents is 1. The monoisotopic (exact) mass is 332 g/mol. The van der Waals surface area contributed by atoms with E-state index in [1.165, 1.54) is 18.2 Å². The zero-order chi connectivity index (χ0) is 17.6. The lowest BCUT2D eigenvalue weighted by Gasteiger charge is -2.28. The zero-order valence-electron chi connectivity index (χ0n) is 13.1. The second-order valence-electron chi connectivity index (χ2n) is 6.21. The SMILES string of the molecule is Cc1ccc([N+](=O)[O-])cc1NC(=O)[C@H]1[C@@H](C(=O)O)[C@H]2C=C[C@@]1(C)O2. The molecule has 8 heteroatoms. The van der Waals surface area contributed by atoms with Gasteiger partial charge in [-0.2, -0.15) is 0 Å². The van der Waals surface area contributed by atoms with Gasteiger partial charge in [0.25, 0.3) is 5.69 Å². The molecule has 0 spiro atoms. The van der Waals surface area contributed by atoms with E-state index in [2.05, 4.69) is 5.32 Å². The summed E-state index contributed by atoms with van der Waals surface area (Å²) < 4.78 is 5.64. The van der Waals surface area contributed by atoms with Crippen LogP contribution in [0.5, 0.6) is 0 Å². The zero-order valence-corrected chi connectivity index (χ0v) is 13.1. The molecule has 1 amide bonds. The van der Waals surface area contributed by atoms with Crippen molar-refractivity contribution in [2.75, 3.05) is 5.32 Å². The van der Waals surface area contributed by atoms with Crippen LogP contribution in [0.2, 0.25) is 0 Å². The first-order valence-corrected chi connectivity index (χ1v) is 7.39. The lowest BCUT2D eigenvalue weighted by Crippen LogP contribution is -2.44. The number of rotatable bonds is 4. The van der Waals surface area contributed by atoms with Crippen LogP contribution in [0.25, 0.3) is 0 Å². The highest BCUT2D eigenvalue weighted by atomic mass is 16.6. The molecule has 8 nitrogen and oxygen atoms in total. The highest BCUT2D eigenvalue weighted by Crippen LogP contribution is 2.47. The molecule has 0 unspecified atom stereocenters. The number of nitrogens with one attached hydrogen (secondary N) is 1. The largest absolute Gasteiger partial charge is 0.481 e. The van der Waals surface area contributed by atoms with E-state index in [1.807, 2.05) is 0 Å². The first-order chi connectivity index (χ1) is 11.2. The highest BCUT2D eigenvalue weighted by molar-refractivity contribution is 5.98. The van der Waals surface area contributed by atoms with Gasteiger partial charge in [-0.05, 0) is 19.4 Å². The van der Waals surface area contributed by atoms with Crippen molar-refractivity contribution in [2.45, 2.75) is 25.6 Å². The van der Waals surface area contributed by atoms with Crippen molar-refractivity contribution in [3.05, 3.63) is 46.0 Å². The molecule has 4 atom stereocenters. The maximum Gasteiger partial charge on any atom is 0.310 e. The number of nitro groups is 1. The third-order valence-corrected chi connectivity index (χ3v) is 4.59. The summed E-state index contributed by atoms with van der Waals surface area (Å²) in [5.41, 5.74) is -0.216.